The molecule has 156 valence electrons. The highest BCUT2D eigenvalue weighted by atomic mass is 16.5. The summed E-state index contributed by atoms with van der Waals surface area (Å²) in [5.74, 6) is -1.93. The number of methoxy groups -OCH3 is 1. The fourth-order valence-corrected chi connectivity index (χ4v) is 3.11. The van der Waals surface area contributed by atoms with E-state index in [4.69, 9.17) is 9.47 Å². The number of rotatable bonds is 6. The summed E-state index contributed by atoms with van der Waals surface area (Å²) in [5, 5.41) is 2.60. The van der Waals surface area contributed by atoms with E-state index in [0.717, 1.165) is 4.90 Å². The molecule has 0 spiro atoms. The monoisotopic (exact) mass is 413 g/mol. The molecule has 0 saturated heterocycles. The molecule has 1 aromatic carbocycles. The quantitative estimate of drug-likeness (QED) is 0.550. The van der Waals surface area contributed by atoms with Crippen molar-refractivity contribution in [1.29, 1.82) is 0 Å². The molecular formula is C20H21N4O6+. The van der Waals surface area contributed by atoms with Crippen molar-refractivity contribution in [2.24, 2.45) is 10.9 Å². The van der Waals surface area contributed by atoms with Crippen molar-refractivity contribution in [2.75, 3.05) is 32.6 Å². The van der Waals surface area contributed by atoms with Crippen molar-refractivity contribution in [2.45, 2.75) is 6.92 Å². The first-order chi connectivity index (χ1) is 14.4. The van der Waals surface area contributed by atoms with Gasteiger partial charge in [-0.05, 0) is 31.2 Å². The average molecular weight is 413 g/mol. The molecule has 4 amide bonds. The van der Waals surface area contributed by atoms with Gasteiger partial charge >= 0.3 is 17.9 Å². The summed E-state index contributed by atoms with van der Waals surface area (Å²) in [6.07, 6.45) is 2.99. The third-order valence-corrected chi connectivity index (χ3v) is 4.58. The first-order valence-electron chi connectivity index (χ1n) is 9.18. The van der Waals surface area contributed by atoms with Crippen LogP contribution in [0.1, 0.15) is 17.3 Å². The molecule has 0 bridgehead atoms. The molecule has 0 aromatic heterocycles. The van der Waals surface area contributed by atoms with E-state index in [9.17, 15) is 19.2 Å². The Hall–Kier alpha value is -3.82. The van der Waals surface area contributed by atoms with E-state index in [1.807, 2.05) is 0 Å². The van der Waals surface area contributed by atoms with Gasteiger partial charge < -0.3 is 14.8 Å². The Morgan fingerprint density at radius 1 is 1.23 bits per heavy atom. The van der Waals surface area contributed by atoms with Gasteiger partial charge in [0.25, 0.3) is 11.7 Å². The minimum absolute atomic E-state index is 0.246. The number of carbonyl (C=O) groups excluding carboxylic acids is 4. The Balaban J connectivity index is 1.72. The van der Waals surface area contributed by atoms with Gasteiger partial charge in [-0.3, -0.25) is 9.59 Å². The minimum Gasteiger partial charge on any atom is -0.499 e. The third-order valence-electron chi connectivity index (χ3n) is 4.58. The number of aliphatic imine (C=N–C) groups is 1. The summed E-state index contributed by atoms with van der Waals surface area (Å²) < 4.78 is 11.4. The second-order valence-electron chi connectivity index (χ2n) is 6.45. The lowest BCUT2D eigenvalue weighted by Crippen LogP contribution is -2.56. The van der Waals surface area contributed by atoms with Crippen LogP contribution >= 0.6 is 0 Å². The standard InChI is InChI=1S/C20H20N4O6/c1-4-30-19(27)12-5-7-13(8-6-12)22-15(25)11-24-18(26)16-14(29-3)9-10-21-17(16)23(2)20(24)28/h5-10,16H,4,11H2,1-3H3/p+1. The minimum atomic E-state index is -0.889. The van der Waals surface area contributed by atoms with Crippen LogP contribution in [0.25, 0.3) is 0 Å². The number of carbonyl (C=O) groups is 4. The van der Waals surface area contributed by atoms with Crippen molar-refractivity contribution in [1.82, 2.24) is 4.90 Å². The van der Waals surface area contributed by atoms with Crippen LogP contribution < -0.4 is 5.32 Å². The van der Waals surface area contributed by atoms with Crippen LogP contribution in [-0.4, -0.2) is 72.6 Å². The van der Waals surface area contributed by atoms with Crippen LogP contribution in [0.2, 0.25) is 0 Å². The molecule has 0 radical (unpaired) electrons. The number of urea groups is 1. The molecule has 1 aromatic rings. The first kappa shape index (κ1) is 20.9. The maximum Gasteiger partial charge on any atom is 0.446 e. The largest absolute Gasteiger partial charge is 0.499 e. The second-order valence-corrected chi connectivity index (χ2v) is 6.45. The Bertz CT molecular complexity index is 993. The predicted octanol–water partition coefficient (Wildman–Crippen LogP) is 1.04. The van der Waals surface area contributed by atoms with Crippen molar-refractivity contribution in [3.63, 3.8) is 0 Å². The highest BCUT2D eigenvalue weighted by Crippen LogP contribution is 2.24. The van der Waals surface area contributed by atoms with Crippen LogP contribution in [0.15, 0.2) is 41.1 Å². The predicted molar refractivity (Wildman–Crippen MR) is 106 cm³/mol. The number of nitrogens with zero attached hydrogens (tertiary/aromatic N) is 3. The zero-order valence-electron chi connectivity index (χ0n) is 16.7. The lowest BCUT2D eigenvalue weighted by Gasteiger charge is -2.27. The number of amides is 4. The molecule has 1 unspecified atom stereocenters. The summed E-state index contributed by atoms with van der Waals surface area (Å²) in [7, 11) is 2.90. The van der Waals surface area contributed by atoms with Crippen LogP contribution in [0.4, 0.5) is 10.5 Å². The second kappa shape index (κ2) is 8.68. The van der Waals surface area contributed by atoms with E-state index in [1.54, 1.807) is 13.0 Å². The molecule has 10 heteroatoms. The number of nitrogens with one attached hydrogen (secondary N) is 1. The number of ether oxygens (including phenoxy) is 2. The number of fused-ring (bicyclic) bond motifs is 1. The molecule has 0 fully saturated rings. The zero-order valence-corrected chi connectivity index (χ0v) is 16.7. The molecule has 1 N–H and O–H groups in total. The van der Waals surface area contributed by atoms with Crippen LogP contribution in [0, 0.1) is 5.92 Å². The molecule has 30 heavy (non-hydrogen) atoms. The third kappa shape index (κ3) is 3.97. The number of amidine groups is 1. The van der Waals surface area contributed by atoms with Gasteiger partial charge in [0.15, 0.2) is 12.5 Å². The average Bonchev–Trinajstić information content (AvgIpc) is 2.75. The van der Waals surface area contributed by atoms with Crippen molar-refractivity contribution in [3.8, 4) is 0 Å². The molecule has 2 aliphatic rings. The van der Waals surface area contributed by atoms with E-state index >= 15 is 0 Å². The number of benzene rings is 1. The summed E-state index contributed by atoms with van der Waals surface area (Å²) in [5.41, 5.74) is 0.753. The zero-order chi connectivity index (χ0) is 21.8. The Labute approximate surface area is 172 Å². The fraction of sp³-hybridized carbons (Fsp3) is 0.300. The van der Waals surface area contributed by atoms with Crippen molar-refractivity contribution >= 4 is 41.6 Å². The molecular weight excluding hydrogens is 392 g/mol. The normalized spacial score (nSPS) is 18.0. The summed E-state index contributed by atoms with van der Waals surface area (Å²) in [6, 6.07) is 5.42. The van der Waals surface area contributed by atoms with Gasteiger partial charge in [0.1, 0.15) is 12.0 Å². The Kier molecular flexibility index (Phi) is 6.05. The first-order valence-corrected chi connectivity index (χ1v) is 9.18. The van der Waals surface area contributed by atoms with Gasteiger partial charge in [-0.15, -0.1) is 4.99 Å². The van der Waals surface area contributed by atoms with Crippen LogP contribution in [-0.2, 0) is 19.1 Å². The maximum atomic E-state index is 12.9. The number of imide groups is 1. The number of dihydropyridines is 1. The van der Waals surface area contributed by atoms with Gasteiger partial charge in [0, 0.05) is 11.8 Å². The summed E-state index contributed by atoms with van der Waals surface area (Å²) >= 11 is 0. The van der Waals surface area contributed by atoms with Gasteiger partial charge in [0.05, 0.1) is 26.3 Å². The van der Waals surface area contributed by atoms with Gasteiger partial charge in [0.2, 0.25) is 0 Å². The van der Waals surface area contributed by atoms with Gasteiger partial charge in [-0.25, -0.2) is 9.59 Å². The van der Waals surface area contributed by atoms with E-state index < -0.39 is 36.3 Å². The lowest BCUT2D eigenvalue weighted by atomic mass is 9.99. The van der Waals surface area contributed by atoms with Crippen LogP contribution in [0.5, 0.6) is 0 Å². The van der Waals surface area contributed by atoms with E-state index in [-0.39, 0.29) is 12.4 Å². The lowest BCUT2D eigenvalue weighted by molar-refractivity contribution is -0.408. The van der Waals surface area contributed by atoms with Gasteiger partial charge in [-0.2, -0.15) is 9.48 Å². The number of hydrogen-bond acceptors (Lipinski definition) is 7. The molecule has 2 heterocycles. The SMILES string of the molecule is CCOC(=O)c1ccc(NC(=O)CN2C(=O)C3C(OC)=CC=NC3=[N+](C)C2=O)cc1. The molecule has 0 aliphatic carbocycles. The summed E-state index contributed by atoms with van der Waals surface area (Å²) in [6.45, 7) is 1.49. The topological polar surface area (TPSA) is 117 Å². The van der Waals surface area contributed by atoms with E-state index in [2.05, 4.69) is 10.3 Å². The van der Waals surface area contributed by atoms with Crippen molar-refractivity contribution < 1.29 is 33.2 Å². The smallest absolute Gasteiger partial charge is 0.446 e. The highest BCUT2D eigenvalue weighted by Gasteiger charge is 2.49. The Morgan fingerprint density at radius 2 is 1.93 bits per heavy atom. The number of allylic oxidation sites excluding steroid dienone is 1. The van der Waals surface area contributed by atoms with E-state index in [0.29, 0.717) is 17.0 Å². The Morgan fingerprint density at radius 3 is 2.57 bits per heavy atom. The number of anilines is 1. The molecule has 10 nitrogen and oxygen atoms in total. The number of esters is 1. The molecule has 3 rings (SSSR count). The van der Waals surface area contributed by atoms with Crippen molar-refractivity contribution in [3.05, 3.63) is 41.7 Å². The highest BCUT2D eigenvalue weighted by molar-refractivity contribution is 6.16. The van der Waals surface area contributed by atoms with Gasteiger partial charge in [-0.1, -0.05) is 0 Å². The maximum absolute atomic E-state index is 12.9. The summed E-state index contributed by atoms with van der Waals surface area (Å²) in [4.78, 5) is 54.6. The van der Waals surface area contributed by atoms with Crippen LogP contribution in [0.3, 0.4) is 0 Å². The molecule has 2 aliphatic heterocycles. The molecule has 1 atom stereocenters. The number of hydrogen-bond donors (Lipinski definition) is 1. The fourth-order valence-electron chi connectivity index (χ4n) is 3.11. The molecule has 0 saturated carbocycles. The van der Waals surface area contributed by atoms with E-state index in [1.165, 1.54) is 49.2 Å².